The van der Waals surface area contributed by atoms with E-state index in [4.69, 9.17) is 9.47 Å². The zero-order chi connectivity index (χ0) is 22.5. The van der Waals surface area contributed by atoms with E-state index in [2.05, 4.69) is 15.3 Å². The van der Waals surface area contributed by atoms with Crippen LogP contribution in [0.25, 0.3) is 10.9 Å². The number of pyridine rings is 1. The lowest BCUT2D eigenvalue weighted by Crippen LogP contribution is -2.38. The van der Waals surface area contributed by atoms with E-state index in [-0.39, 0.29) is 6.61 Å². The molecule has 32 heavy (non-hydrogen) atoms. The molecule has 0 atom stereocenters. The van der Waals surface area contributed by atoms with Gasteiger partial charge in [-0.3, -0.25) is 19.1 Å². The summed E-state index contributed by atoms with van der Waals surface area (Å²) in [5.41, 5.74) is 0.595. The van der Waals surface area contributed by atoms with E-state index in [1.807, 2.05) is 12.1 Å². The fraction of sp³-hybridized carbons (Fsp3) is 0.130. The first-order valence-electron chi connectivity index (χ1n) is 9.76. The highest BCUT2D eigenvalue weighted by Gasteiger charge is 2.13. The van der Waals surface area contributed by atoms with Crippen molar-refractivity contribution in [3.8, 4) is 11.5 Å². The van der Waals surface area contributed by atoms with Gasteiger partial charge in [-0.1, -0.05) is 12.1 Å². The summed E-state index contributed by atoms with van der Waals surface area (Å²) < 4.78 is 12.0. The number of benzene rings is 2. The van der Waals surface area contributed by atoms with Gasteiger partial charge in [0.15, 0.2) is 11.5 Å². The Morgan fingerprint density at radius 1 is 1.06 bits per heavy atom. The highest BCUT2D eigenvalue weighted by Crippen LogP contribution is 2.31. The van der Waals surface area contributed by atoms with Gasteiger partial charge < -0.3 is 19.8 Å². The van der Waals surface area contributed by atoms with Crippen LogP contribution in [0.4, 0.5) is 5.69 Å². The number of hydrogen-bond acceptors (Lipinski definition) is 6. The van der Waals surface area contributed by atoms with Crippen LogP contribution in [0, 0.1) is 0 Å². The van der Waals surface area contributed by atoms with Gasteiger partial charge in [-0.25, -0.2) is 4.79 Å². The largest absolute Gasteiger partial charge is 0.493 e. The van der Waals surface area contributed by atoms with Gasteiger partial charge in [0.25, 0.3) is 5.56 Å². The number of para-hydroxylation sites is 1. The van der Waals surface area contributed by atoms with Crippen molar-refractivity contribution >= 4 is 22.5 Å². The van der Waals surface area contributed by atoms with Crippen molar-refractivity contribution in [3.63, 3.8) is 0 Å². The van der Waals surface area contributed by atoms with E-state index in [9.17, 15) is 14.4 Å². The molecule has 0 aliphatic carbocycles. The topological polar surface area (TPSA) is 115 Å². The molecule has 2 aromatic heterocycles. The van der Waals surface area contributed by atoms with E-state index >= 15 is 0 Å². The number of hydrogen-bond donors (Lipinski definition) is 2. The first-order chi connectivity index (χ1) is 15.5. The third kappa shape index (κ3) is 4.51. The second-order valence-electron chi connectivity index (χ2n) is 6.92. The zero-order valence-electron chi connectivity index (χ0n) is 17.2. The summed E-state index contributed by atoms with van der Waals surface area (Å²) in [5.74, 6) is 0.403. The highest BCUT2D eigenvalue weighted by atomic mass is 16.5. The van der Waals surface area contributed by atoms with Gasteiger partial charge in [0.05, 0.1) is 18.0 Å². The molecule has 0 radical (unpaired) electrons. The molecule has 0 aliphatic heterocycles. The molecule has 162 valence electrons. The Bertz CT molecular complexity index is 1380. The van der Waals surface area contributed by atoms with Crippen LogP contribution in [0.3, 0.4) is 0 Å². The average Bonchev–Trinajstić information content (AvgIpc) is 2.81. The Balaban J connectivity index is 1.52. The smallest absolute Gasteiger partial charge is 0.329 e. The van der Waals surface area contributed by atoms with Crippen LogP contribution in [0.1, 0.15) is 5.56 Å². The molecule has 9 heteroatoms. The highest BCUT2D eigenvalue weighted by molar-refractivity contribution is 5.91. The minimum Gasteiger partial charge on any atom is -0.493 e. The molecule has 1 amide bonds. The Kier molecular flexibility index (Phi) is 5.98. The van der Waals surface area contributed by atoms with Crippen molar-refractivity contribution in [2.45, 2.75) is 13.2 Å². The van der Waals surface area contributed by atoms with Gasteiger partial charge in [-0.05, 0) is 42.0 Å². The standard InChI is InChI=1S/C23H20N4O5/c1-31-19-7-6-16(12-20(19)32-14-15-8-10-24-11-9-15)25-21(28)13-27-22(29)17-4-2-3-5-18(17)26-23(27)30/h2-12H,13-14H2,1H3,(H,25,28)(H,26,30). The summed E-state index contributed by atoms with van der Waals surface area (Å²) in [4.78, 5) is 44.0. The SMILES string of the molecule is COc1ccc(NC(=O)Cn2c(=O)[nH]c3ccccc3c2=O)cc1OCc1ccncc1. The van der Waals surface area contributed by atoms with Crippen molar-refractivity contribution in [1.82, 2.24) is 14.5 Å². The number of amides is 1. The van der Waals surface area contributed by atoms with E-state index in [1.54, 1.807) is 54.9 Å². The summed E-state index contributed by atoms with van der Waals surface area (Å²) in [5, 5.41) is 3.02. The molecule has 0 unspecified atom stereocenters. The monoisotopic (exact) mass is 432 g/mol. The second-order valence-corrected chi connectivity index (χ2v) is 6.92. The van der Waals surface area contributed by atoms with Gasteiger partial charge in [0.1, 0.15) is 13.2 Å². The summed E-state index contributed by atoms with van der Waals surface area (Å²) in [6.45, 7) is -0.142. The van der Waals surface area contributed by atoms with Crippen LogP contribution in [0.2, 0.25) is 0 Å². The number of rotatable bonds is 7. The van der Waals surface area contributed by atoms with Crippen LogP contribution in [-0.4, -0.2) is 27.6 Å². The van der Waals surface area contributed by atoms with E-state index in [0.717, 1.165) is 10.1 Å². The lowest BCUT2D eigenvalue weighted by atomic mass is 10.2. The van der Waals surface area contributed by atoms with Crippen molar-refractivity contribution < 1.29 is 14.3 Å². The van der Waals surface area contributed by atoms with Gasteiger partial charge >= 0.3 is 5.69 Å². The molecule has 2 aromatic carbocycles. The minimum absolute atomic E-state index is 0.290. The second kappa shape index (κ2) is 9.17. The Hall–Kier alpha value is -4.40. The molecular weight excluding hydrogens is 412 g/mol. The fourth-order valence-electron chi connectivity index (χ4n) is 3.19. The molecule has 0 bridgehead atoms. The first kappa shape index (κ1) is 20.9. The number of anilines is 1. The molecular formula is C23H20N4O5. The number of nitrogens with zero attached hydrogens (tertiary/aromatic N) is 2. The molecule has 0 saturated heterocycles. The molecule has 0 fully saturated rings. The molecule has 4 aromatic rings. The molecule has 9 nitrogen and oxygen atoms in total. The lowest BCUT2D eigenvalue weighted by Gasteiger charge is -2.13. The summed E-state index contributed by atoms with van der Waals surface area (Å²) in [7, 11) is 1.52. The van der Waals surface area contributed by atoms with Crippen LogP contribution in [0.15, 0.2) is 76.6 Å². The molecule has 4 rings (SSSR count). The number of H-pyrrole nitrogens is 1. The summed E-state index contributed by atoms with van der Waals surface area (Å²) >= 11 is 0. The Morgan fingerprint density at radius 3 is 2.62 bits per heavy atom. The predicted octanol–water partition coefficient (Wildman–Crippen LogP) is 2.31. The maximum absolute atomic E-state index is 12.6. The zero-order valence-corrected chi connectivity index (χ0v) is 17.2. The first-order valence-corrected chi connectivity index (χ1v) is 9.76. The molecule has 0 aliphatic rings. The van der Waals surface area contributed by atoms with Crippen LogP contribution in [0.5, 0.6) is 11.5 Å². The van der Waals surface area contributed by atoms with E-state index < -0.39 is 23.7 Å². The number of aromatic nitrogens is 3. The number of aromatic amines is 1. The van der Waals surface area contributed by atoms with Crippen LogP contribution >= 0.6 is 0 Å². The number of carbonyl (C=O) groups is 1. The van der Waals surface area contributed by atoms with Crippen molar-refractivity contribution in [3.05, 3.63) is 93.4 Å². The van der Waals surface area contributed by atoms with Gasteiger partial charge in [-0.15, -0.1) is 0 Å². The normalized spacial score (nSPS) is 10.7. The van der Waals surface area contributed by atoms with E-state index in [0.29, 0.717) is 28.1 Å². The number of ether oxygens (including phenoxy) is 2. The third-order valence-electron chi connectivity index (χ3n) is 4.78. The van der Waals surface area contributed by atoms with Crippen molar-refractivity contribution in [1.29, 1.82) is 0 Å². The third-order valence-corrected chi connectivity index (χ3v) is 4.78. The number of fused-ring (bicyclic) bond motifs is 1. The molecule has 2 N–H and O–H groups in total. The van der Waals surface area contributed by atoms with Gasteiger partial charge in [0, 0.05) is 24.1 Å². The predicted molar refractivity (Wildman–Crippen MR) is 119 cm³/mol. The lowest BCUT2D eigenvalue weighted by molar-refractivity contribution is -0.116. The average molecular weight is 432 g/mol. The van der Waals surface area contributed by atoms with E-state index in [1.165, 1.54) is 7.11 Å². The fourth-order valence-corrected chi connectivity index (χ4v) is 3.19. The Labute approximate surface area is 182 Å². The van der Waals surface area contributed by atoms with Gasteiger partial charge in [-0.2, -0.15) is 0 Å². The van der Waals surface area contributed by atoms with Crippen LogP contribution in [-0.2, 0) is 17.9 Å². The summed E-state index contributed by atoms with van der Waals surface area (Å²) in [6.07, 6.45) is 3.34. The molecule has 2 heterocycles. The maximum Gasteiger partial charge on any atom is 0.329 e. The Morgan fingerprint density at radius 2 is 1.84 bits per heavy atom. The molecule has 0 spiro atoms. The molecule has 0 saturated carbocycles. The number of carbonyl (C=O) groups excluding carboxylic acids is 1. The quantitative estimate of drug-likeness (QED) is 0.463. The van der Waals surface area contributed by atoms with Crippen LogP contribution < -0.4 is 26.0 Å². The summed E-state index contributed by atoms with van der Waals surface area (Å²) in [6, 6.07) is 15.2. The minimum atomic E-state index is -0.653. The van der Waals surface area contributed by atoms with Gasteiger partial charge in [0.2, 0.25) is 5.91 Å². The number of nitrogens with one attached hydrogen (secondary N) is 2. The maximum atomic E-state index is 12.6. The van der Waals surface area contributed by atoms with Crippen molar-refractivity contribution in [2.24, 2.45) is 0 Å². The van der Waals surface area contributed by atoms with Crippen molar-refractivity contribution in [2.75, 3.05) is 12.4 Å². The number of methoxy groups -OCH3 is 1.